The summed E-state index contributed by atoms with van der Waals surface area (Å²) in [4.78, 5) is 1.87. The van der Waals surface area contributed by atoms with E-state index in [1.807, 2.05) is 57.0 Å². The summed E-state index contributed by atoms with van der Waals surface area (Å²) < 4.78 is 1.57. The third-order valence-corrected chi connectivity index (χ3v) is 4.96. The van der Waals surface area contributed by atoms with Crippen molar-refractivity contribution < 1.29 is 4.74 Å². The maximum atomic E-state index is 12.4. The highest BCUT2D eigenvalue weighted by Crippen LogP contribution is 2.40. The van der Waals surface area contributed by atoms with Gasteiger partial charge in [0.15, 0.2) is 6.21 Å². The number of benzene rings is 1. The molecule has 1 saturated heterocycles. The molecule has 0 bridgehead atoms. The lowest BCUT2D eigenvalue weighted by Gasteiger charge is -2.27. The zero-order valence-corrected chi connectivity index (χ0v) is 13.2. The molecule has 0 aliphatic carbocycles. The van der Waals surface area contributed by atoms with E-state index in [2.05, 4.69) is 0 Å². The normalized spacial score (nSPS) is 22.9. The van der Waals surface area contributed by atoms with Crippen LogP contribution in [-0.4, -0.2) is 38.1 Å². The second-order valence-electron chi connectivity index (χ2n) is 5.36. The molecule has 0 spiro atoms. The van der Waals surface area contributed by atoms with Crippen LogP contribution in [0.2, 0.25) is 0 Å². The maximum absolute atomic E-state index is 12.4. The quantitative estimate of drug-likeness (QED) is 0.276. The zero-order chi connectivity index (χ0) is 14.2. The molecule has 1 aliphatic heterocycles. The standard InChI is InChI=1S/C14H18N2OS2/c1-10-5-7-11(8-6-10)9-16(17)12-14(2,3)19-13(18)15(12)4/h5-9,12H,1-4H3/b16-9-/t12-/m0/s1. The molecule has 1 aliphatic rings. The lowest BCUT2D eigenvalue weighted by atomic mass is 10.1. The predicted octanol–water partition coefficient (Wildman–Crippen LogP) is 2.99. The lowest BCUT2D eigenvalue weighted by Crippen LogP contribution is -2.46. The van der Waals surface area contributed by atoms with Crippen LogP contribution in [0.1, 0.15) is 25.0 Å². The first-order valence-corrected chi connectivity index (χ1v) is 7.36. The van der Waals surface area contributed by atoms with E-state index in [0.717, 1.165) is 14.6 Å². The SMILES string of the molecule is Cc1ccc(/C=[N+](\[O-])[C@@H]2N(C)C(=S)SC2(C)C)cc1. The first kappa shape index (κ1) is 14.3. The molecule has 1 atom stereocenters. The number of hydroxylamine groups is 1. The largest absolute Gasteiger partial charge is 0.622 e. The van der Waals surface area contributed by atoms with Gasteiger partial charge in [-0.05, 0) is 32.9 Å². The predicted molar refractivity (Wildman–Crippen MR) is 85.8 cm³/mol. The molecule has 3 nitrogen and oxygen atoms in total. The number of aryl methyl sites for hydroxylation is 1. The molecule has 0 unspecified atom stereocenters. The molecule has 0 aromatic heterocycles. The Morgan fingerprint density at radius 2 is 1.95 bits per heavy atom. The average molecular weight is 294 g/mol. The highest BCUT2D eigenvalue weighted by atomic mass is 32.2. The Bertz CT molecular complexity index is 523. The van der Waals surface area contributed by atoms with E-state index >= 15 is 0 Å². The van der Waals surface area contributed by atoms with Crippen LogP contribution >= 0.6 is 24.0 Å². The fraction of sp³-hybridized carbons (Fsp3) is 0.429. The van der Waals surface area contributed by atoms with Crippen molar-refractivity contribution >= 4 is 34.5 Å². The third kappa shape index (κ3) is 2.92. The highest BCUT2D eigenvalue weighted by molar-refractivity contribution is 8.24. The fourth-order valence-electron chi connectivity index (χ4n) is 2.26. The molecule has 0 saturated carbocycles. The van der Waals surface area contributed by atoms with Gasteiger partial charge in [0.2, 0.25) is 0 Å². The summed E-state index contributed by atoms with van der Waals surface area (Å²) in [6, 6.07) is 7.91. The van der Waals surface area contributed by atoms with Gasteiger partial charge in [0.05, 0.1) is 0 Å². The number of nitrogens with zero attached hydrogens (tertiary/aromatic N) is 2. The highest BCUT2D eigenvalue weighted by Gasteiger charge is 2.48. The van der Waals surface area contributed by atoms with Gasteiger partial charge in [-0.3, -0.25) is 0 Å². The van der Waals surface area contributed by atoms with Crippen LogP contribution in [0, 0.1) is 12.1 Å². The summed E-state index contributed by atoms with van der Waals surface area (Å²) in [5.74, 6) is 0. The Labute approximate surface area is 123 Å². The Morgan fingerprint density at radius 1 is 1.37 bits per heavy atom. The van der Waals surface area contributed by atoms with Gasteiger partial charge < -0.3 is 10.1 Å². The minimum absolute atomic E-state index is 0.214. The lowest BCUT2D eigenvalue weighted by molar-refractivity contribution is -0.522. The minimum atomic E-state index is -0.272. The number of hydrogen-bond donors (Lipinski definition) is 0. The molecule has 0 amide bonds. The molecule has 19 heavy (non-hydrogen) atoms. The Kier molecular flexibility index (Phi) is 3.87. The van der Waals surface area contributed by atoms with Gasteiger partial charge >= 0.3 is 0 Å². The molecule has 1 aromatic carbocycles. The van der Waals surface area contributed by atoms with E-state index in [1.54, 1.807) is 18.0 Å². The van der Waals surface area contributed by atoms with Gasteiger partial charge in [-0.1, -0.05) is 41.7 Å². The molecule has 2 rings (SSSR count). The Hall–Kier alpha value is -1.07. The van der Waals surface area contributed by atoms with Gasteiger partial charge in [0.25, 0.3) is 6.17 Å². The van der Waals surface area contributed by atoms with Crippen LogP contribution in [0.4, 0.5) is 0 Å². The monoisotopic (exact) mass is 294 g/mol. The van der Waals surface area contributed by atoms with Crippen molar-refractivity contribution in [3.63, 3.8) is 0 Å². The molecule has 102 valence electrons. The van der Waals surface area contributed by atoms with Crippen molar-refractivity contribution in [2.24, 2.45) is 0 Å². The van der Waals surface area contributed by atoms with Gasteiger partial charge in [-0.15, -0.1) is 0 Å². The van der Waals surface area contributed by atoms with Crippen LogP contribution < -0.4 is 0 Å². The van der Waals surface area contributed by atoms with Crippen LogP contribution in [0.5, 0.6) is 0 Å². The first-order valence-electron chi connectivity index (χ1n) is 6.14. The van der Waals surface area contributed by atoms with Gasteiger partial charge in [0.1, 0.15) is 9.07 Å². The van der Waals surface area contributed by atoms with Crippen LogP contribution in [-0.2, 0) is 0 Å². The smallest absolute Gasteiger partial charge is 0.254 e. The van der Waals surface area contributed by atoms with E-state index in [1.165, 1.54) is 5.56 Å². The van der Waals surface area contributed by atoms with Crippen molar-refractivity contribution in [2.45, 2.75) is 31.7 Å². The van der Waals surface area contributed by atoms with E-state index in [0.29, 0.717) is 0 Å². The summed E-state index contributed by atoms with van der Waals surface area (Å²) in [7, 11) is 1.88. The third-order valence-electron chi connectivity index (χ3n) is 3.22. The summed E-state index contributed by atoms with van der Waals surface area (Å²) >= 11 is 6.85. The van der Waals surface area contributed by atoms with Gasteiger partial charge in [-0.25, -0.2) is 0 Å². The fourth-order valence-corrected chi connectivity index (χ4v) is 4.07. The summed E-state index contributed by atoms with van der Waals surface area (Å²) in [5.41, 5.74) is 2.09. The number of thioether (sulfide) groups is 1. The minimum Gasteiger partial charge on any atom is -0.622 e. The second kappa shape index (κ2) is 5.13. The van der Waals surface area contributed by atoms with E-state index in [-0.39, 0.29) is 10.9 Å². The van der Waals surface area contributed by atoms with Crippen molar-refractivity contribution in [1.82, 2.24) is 4.90 Å². The van der Waals surface area contributed by atoms with Crippen molar-refractivity contribution in [2.75, 3.05) is 7.05 Å². The molecular weight excluding hydrogens is 276 g/mol. The summed E-state index contributed by atoms with van der Waals surface area (Å²) in [5, 5.41) is 12.4. The topological polar surface area (TPSA) is 29.3 Å². The van der Waals surface area contributed by atoms with Gasteiger partial charge in [0, 0.05) is 12.6 Å². The van der Waals surface area contributed by atoms with Gasteiger partial charge in [-0.2, -0.15) is 4.74 Å². The first-order chi connectivity index (χ1) is 8.81. The summed E-state index contributed by atoms with van der Waals surface area (Å²) in [6.45, 7) is 6.12. The molecule has 1 fully saturated rings. The Balaban J connectivity index is 2.30. The van der Waals surface area contributed by atoms with E-state index in [4.69, 9.17) is 12.2 Å². The molecule has 0 N–H and O–H groups in total. The zero-order valence-electron chi connectivity index (χ0n) is 11.6. The molecular formula is C14H18N2OS2. The van der Waals surface area contributed by atoms with Crippen molar-refractivity contribution in [1.29, 1.82) is 0 Å². The second-order valence-corrected chi connectivity index (χ2v) is 7.64. The van der Waals surface area contributed by atoms with Crippen LogP contribution in [0.15, 0.2) is 24.3 Å². The summed E-state index contributed by atoms with van der Waals surface area (Å²) in [6.07, 6.45) is 1.36. The van der Waals surface area contributed by atoms with Crippen molar-refractivity contribution in [3.8, 4) is 0 Å². The molecule has 0 radical (unpaired) electrons. The van der Waals surface area contributed by atoms with Crippen molar-refractivity contribution in [3.05, 3.63) is 40.6 Å². The number of hydrogen-bond acceptors (Lipinski definition) is 3. The van der Waals surface area contributed by atoms with E-state index in [9.17, 15) is 5.21 Å². The molecule has 1 heterocycles. The van der Waals surface area contributed by atoms with Crippen LogP contribution in [0.25, 0.3) is 0 Å². The number of thiocarbonyl (C=S) groups is 1. The average Bonchev–Trinajstić information content (AvgIpc) is 2.51. The van der Waals surface area contributed by atoms with E-state index < -0.39 is 0 Å². The molecule has 1 aromatic rings. The molecule has 5 heteroatoms. The maximum Gasteiger partial charge on any atom is 0.254 e. The number of rotatable bonds is 2. The van der Waals surface area contributed by atoms with Crippen LogP contribution in [0.3, 0.4) is 0 Å². The Morgan fingerprint density at radius 3 is 2.42 bits per heavy atom.